The molecule has 0 unspecified atom stereocenters. The third kappa shape index (κ3) is 6.12. The van der Waals surface area contributed by atoms with E-state index >= 15 is 0 Å². The molecule has 0 radical (unpaired) electrons. The van der Waals surface area contributed by atoms with E-state index in [1.807, 2.05) is 60.7 Å². The summed E-state index contributed by atoms with van der Waals surface area (Å²) in [5, 5.41) is 4.24. The number of fused-ring (bicyclic) bond motifs is 7. The smallest absolute Gasteiger partial charge is 0.167 e. The summed E-state index contributed by atoms with van der Waals surface area (Å²) in [6.45, 7) is 4.68. The number of aromatic nitrogens is 3. The van der Waals surface area contributed by atoms with Crippen molar-refractivity contribution in [3.05, 3.63) is 217 Å². The summed E-state index contributed by atoms with van der Waals surface area (Å²) in [4.78, 5) is 17.8. The van der Waals surface area contributed by atoms with Crippen molar-refractivity contribution in [2.24, 2.45) is 0 Å². The summed E-state index contributed by atoms with van der Waals surface area (Å²) in [7, 11) is 0. The Kier molecular flexibility index (Phi) is 8.44. The molecule has 298 valence electrons. The van der Waals surface area contributed by atoms with Gasteiger partial charge in [-0.05, 0) is 92.7 Å². The van der Waals surface area contributed by atoms with E-state index in [0.29, 0.717) is 23.1 Å². The number of rotatable bonds is 7. The summed E-state index contributed by atoms with van der Waals surface area (Å²) in [5.41, 5.74) is 14.6. The number of hydrogen-bond acceptors (Lipinski definition) is 5. The van der Waals surface area contributed by atoms with Crippen molar-refractivity contribution in [3.63, 3.8) is 0 Å². The lowest BCUT2D eigenvalue weighted by Gasteiger charge is -2.29. The first kappa shape index (κ1) is 36.7. The molecule has 2 aromatic heterocycles. The lowest BCUT2D eigenvalue weighted by atomic mass is 9.82. The molecule has 0 bridgehead atoms. The van der Waals surface area contributed by atoms with Crippen molar-refractivity contribution in [3.8, 4) is 56.4 Å². The molecular formula is C58H40N4O. The molecule has 12 rings (SSSR count). The molecule has 0 amide bonds. The maximum atomic E-state index is 7.10. The molecule has 5 nitrogen and oxygen atoms in total. The molecule has 11 aromatic rings. The number of benzene rings is 9. The number of anilines is 3. The average Bonchev–Trinajstić information content (AvgIpc) is 3.83. The normalized spacial score (nSPS) is 12.7. The molecular weight excluding hydrogens is 769 g/mol. The van der Waals surface area contributed by atoms with Gasteiger partial charge >= 0.3 is 0 Å². The first-order valence-corrected chi connectivity index (χ1v) is 21.4. The zero-order valence-corrected chi connectivity index (χ0v) is 34.8. The van der Waals surface area contributed by atoms with Crippen LogP contribution in [0.4, 0.5) is 17.1 Å². The third-order valence-corrected chi connectivity index (χ3v) is 12.7. The molecule has 0 saturated carbocycles. The summed E-state index contributed by atoms with van der Waals surface area (Å²) in [6.07, 6.45) is 0. The molecule has 0 spiro atoms. The Balaban J connectivity index is 1.13. The Labute approximate surface area is 365 Å². The van der Waals surface area contributed by atoms with Gasteiger partial charge < -0.3 is 9.32 Å². The first-order chi connectivity index (χ1) is 31.0. The van der Waals surface area contributed by atoms with Gasteiger partial charge in [0.25, 0.3) is 0 Å². The van der Waals surface area contributed by atoms with E-state index in [1.54, 1.807) is 0 Å². The molecule has 0 atom stereocenters. The third-order valence-electron chi connectivity index (χ3n) is 12.7. The molecule has 0 N–H and O–H groups in total. The topological polar surface area (TPSA) is 55.1 Å². The Morgan fingerprint density at radius 3 is 1.62 bits per heavy atom. The average molecular weight is 809 g/mol. The van der Waals surface area contributed by atoms with E-state index in [-0.39, 0.29) is 5.41 Å². The maximum absolute atomic E-state index is 7.10. The van der Waals surface area contributed by atoms with Crippen molar-refractivity contribution in [1.82, 2.24) is 15.0 Å². The number of hydrogen-bond donors (Lipinski definition) is 0. The van der Waals surface area contributed by atoms with Gasteiger partial charge in [-0.3, -0.25) is 0 Å². The predicted molar refractivity (Wildman–Crippen MR) is 259 cm³/mol. The molecule has 5 heteroatoms. The van der Waals surface area contributed by atoms with Crippen LogP contribution in [0.25, 0.3) is 89.1 Å². The Morgan fingerprint density at radius 2 is 0.937 bits per heavy atom. The van der Waals surface area contributed by atoms with Crippen LogP contribution in [0.5, 0.6) is 0 Å². The van der Waals surface area contributed by atoms with Crippen LogP contribution in [0.1, 0.15) is 25.0 Å². The van der Waals surface area contributed by atoms with E-state index in [9.17, 15) is 0 Å². The molecule has 63 heavy (non-hydrogen) atoms. The van der Waals surface area contributed by atoms with Gasteiger partial charge in [0.2, 0.25) is 0 Å². The number of furan rings is 1. The fraction of sp³-hybridized carbons (Fsp3) is 0.0517. The SMILES string of the molecule is CC1(C)c2ccccc2-c2ccc(N(c3ccc(-c4ccccc4)cc3)c3ccc(-c4nc(-c5ccccc5)nc(-c5ccccc5)n4)c4oc5cc6ccccc6cc5c34)cc21. The molecule has 9 aromatic carbocycles. The minimum Gasteiger partial charge on any atom is -0.455 e. The van der Waals surface area contributed by atoms with Gasteiger partial charge in [-0.2, -0.15) is 0 Å². The summed E-state index contributed by atoms with van der Waals surface area (Å²) < 4.78 is 7.10. The fourth-order valence-electron chi connectivity index (χ4n) is 9.53. The fourth-order valence-corrected chi connectivity index (χ4v) is 9.53. The van der Waals surface area contributed by atoms with E-state index in [4.69, 9.17) is 19.4 Å². The van der Waals surface area contributed by atoms with Crippen LogP contribution in [0.2, 0.25) is 0 Å². The summed E-state index contributed by atoms with van der Waals surface area (Å²) in [5.74, 6) is 1.74. The zero-order chi connectivity index (χ0) is 42.1. The van der Waals surface area contributed by atoms with Crippen LogP contribution >= 0.6 is 0 Å². The second-order valence-corrected chi connectivity index (χ2v) is 16.8. The van der Waals surface area contributed by atoms with Crippen molar-refractivity contribution < 1.29 is 4.42 Å². The van der Waals surface area contributed by atoms with Crippen molar-refractivity contribution in [2.45, 2.75) is 19.3 Å². The van der Waals surface area contributed by atoms with Crippen molar-refractivity contribution in [1.29, 1.82) is 0 Å². The van der Waals surface area contributed by atoms with E-state index in [0.717, 1.165) is 66.4 Å². The Bertz CT molecular complexity index is 3470. The lowest BCUT2D eigenvalue weighted by Crippen LogP contribution is -2.16. The predicted octanol–water partition coefficient (Wildman–Crippen LogP) is 15.4. The van der Waals surface area contributed by atoms with Crippen LogP contribution in [-0.4, -0.2) is 15.0 Å². The Morgan fingerprint density at radius 1 is 0.413 bits per heavy atom. The van der Waals surface area contributed by atoms with Gasteiger partial charge in [0.15, 0.2) is 17.5 Å². The van der Waals surface area contributed by atoms with Crippen molar-refractivity contribution >= 4 is 49.8 Å². The maximum Gasteiger partial charge on any atom is 0.167 e. The standard InChI is InChI=1S/C58H40N4O/c1-58(2)49-25-15-14-24-45(49)46-31-30-44(36-50(46)58)62(43-28-26-38(27-29-43)37-16-6-3-7-17-37)51-33-32-47(54-53(51)48-34-41-22-12-13-23-42(41)35-52(48)63-54)57-60-55(39-18-8-4-9-19-39)59-56(61-57)40-20-10-5-11-21-40/h3-36H,1-2H3. The van der Waals surface area contributed by atoms with Gasteiger partial charge in [-0.25, -0.2) is 15.0 Å². The van der Waals surface area contributed by atoms with Crippen molar-refractivity contribution in [2.75, 3.05) is 4.90 Å². The quantitative estimate of drug-likeness (QED) is 0.160. The van der Waals surface area contributed by atoms with Gasteiger partial charge in [0.05, 0.1) is 16.6 Å². The molecule has 2 heterocycles. The van der Waals surface area contributed by atoms with Gasteiger partial charge in [0.1, 0.15) is 11.2 Å². The van der Waals surface area contributed by atoms with Crippen LogP contribution in [-0.2, 0) is 5.41 Å². The molecule has 0 fully saturated rings. The zero-order valence-electron chi connectivity index (χ0n) is 34.8. The lowest BCUT2D eigenvalue weighted by molar-refractivity contribution is 0.660. The van der Waals surface area contributed by atoms with Gasteiger partial charge in [-0.1, -0.05) is 172 Å². The highest BCUT2D eigenvalue weighted by atomic mass is 16.3. The van der Waals surface area contributed by atoms with Gasteiger partial charge in [-0.15, -0.1) is 0 Å². The highest BCUT2D eigenvalue weighted by Gasteiger charge is 2.36. The molecule has 1 aliphatic carbocycles. The summed E-state index contributed by atoms with van der Waals surface area (Å²) in [6, 6.07) is 72.7. The van der Waals surface area contributed by atoms with Gasteiger partial charge in [0, 0.05) is 33.3 Å². The first-order valence-electron chi connectivity index (χ1n) is 21.4. The van der Waals surface area contributed by atoms with E-state index in [1.165, 1.54) is 27.8 Å². The second kappa shape index (κ2) is 14.5. The van der Waals surface area contributed by atoms with E-state index in [2.05, 4.69) is 164 Å². The second-order valence-electron chi connectivity index (χ2n) is 16.8. The Hall–Kier alpha value is -8.15. The van der Waals surface area contributed by atoms with Crippen LogP contribution in [0.15, 0.2) is 211 Å². The minimum absolute atomic E-state index is 0.184. The molecule has 0 saturated heterocycles. The highest BCUT2D eigenvalue weighted by molar-refractivity contribution is 6.19. The largest absolute Gasteiger partial charge is 0.455 e. The minimum atomic E-state index is -0.184. The van der Waals surface area contributed by atoms with Crippen LogP contribution in [0.3, 0.4) is 0 Å². The van der Waals surface area contributed by atoms with Crippen LogP contribution < -0.4 is 4.90 Å². The van der Waals surface area contributed by atoms with E-state index < -0.39 is 0 Å². The highest BCUT2D eigenvalue weighted by Crippen LogP contribution is 2.52. The monoisotopic (exact) mass is 808 g/mol. The number of nitrogens with zero attached hydrogens (tertiary/aromatic N) is 4. The molecule has 1 aliphatic rings. The summed E-state index contributed by atoms with van der Waals surface area (Å²) >= 11 is 0. The molecule has 0 aliphatic heterocycles. The van der Waals surface area contributed by atoms with Crippen LogP contribution in [0, 0.1) is 0 Å².